The van der Waals surface area contributed by atoms with Gasteiger partial charge in [0.05, 0.1) is 27.7 Å². The second-order valence-corrected chi connectivity index (χ2v) is 4.98. The highest BCUT2D eigenvalue weighted by Crippen LogP contribution is 2.24. The van der Waals surface area contributed by atoms with E-state index in [4.69, 9.17) is 0 Å². The molecule has 0 heterocycles. The molecule has 0 aromatic rings. The molecule has 1 fully saturated rings. The van der Waals surface area contributed by atoms with Crippen molar-refractivity contribution < 1.29 is 9.96 Å². The third-order valence-electron chi connectivity index (χ3n) is 2.53. The van der Waals surface area contributed by atoms with Gasteiger partial charge in [-0.2, -0.15) is 0 Å². The van der Waals surface area contributed by atoms with Gasteiger partial charge in [0.15, 0.2) is 0 Å². The lowest BCUT2D eigenvalue weighted by Crippen LogP contribution is -2.39. The van der Waals surface area contributed by atoms with Crippen LogP contribution in [0.15, 0.2) is 0 Å². The third kappa shape index (κ3) is 4.73. The Morgan fingerprint density at radius 1 is 1.00 bits per heavy atom. The van der Waals surface area contributed by atoms with Crippen LogP contribution in [0.3, 0.4) is 0 Å². The van der Waals surface area contributed by atoms with Crippen LogP contribution in [0.25, 0.3) is 0 Å². The van der Waals surface area contributed by atoms with Crippen molar-refractivity contribution in [1.82, 2.24) is 0 Å². The van der Waals surface area contributed by atoms with Gasteiger partial charge in [0.1, 0.15) is 0 Å². The van der Waals surface area contributed by atoms with E-state index < -0.39 is 0 Å². The van der Waals surface area contributed by atoms with Gasteiger partial charge in [0, 0.05) is 5.92 Å². The standard InChI is InChI=1S/C10H22N.H2O/c1-11(2,3)9-10-7-5-4-6-8-10;/h10H,4-9H2,1-3H3;1H2/q+1;/p-1. The maximum atomic E-state index is 2.30. The van der Waals surface area contributed by atoms with Gasteiger partial charge in [0.2, 0.25) is 0 Å². The van der Waals surface area contributed by atoms with Crippen LogP contribution in [0.2, 0.25) is 0 Å². The third-order valence-corrected chi connectivity index (χ3v) is 2.53. The summed E-state index contributed by atoms with van der Waals surface area (Å²) in [5, 5.41) is 0. The Hall–Kier alpha value is -0.0800. The zero-order valence-corrected chi connectivity index (χ0v) is 8.71. The first kappa shape index (κ1) is 11.9. The summed E-state index contributed by atoms with van der Waals surface area (Å²) in [6.07, 6.45) is 7.40. The van der Waals surface area contributed by atoms with Crippen LogP contribution in [0.5, 0.6) is 0 Å². The Kier molecular flexibility index (Phi) is 4.80. The number of rotatable bonds is 2. The molecule has 0 aromatic heterocycles. The first-order valence-corrected chi connectivity index (χ1v) is 4.88. The molecule has 0 amide bonds. The monoisotopic (exact) mass is 173 g/mol. The van der Waals surface area contributed by atoms with Gasteiger partial charge in [-0.3, -0.25) is 0 Å². The summed E-state index contributed by atoms with van der Waals surface area (Å²) in [7, 11) is 6.90. The minimum atomic E-state index is 0. The summed E-state index contributed by atoms with van der Waals surface area (Å²) in [4.78, 5) is 0. The van der Waals surface area contributed by atoms with Crippen molar-refractivity contribution in [3.63, 3.8) is 0 Å². The highest BCUT2D eigenvalue weighted by Gasteiger charge is 2.19. The highest BCUT2D eigenvalue weighted by atomic mass is 16.0. The molecule has 0 atom stereocenters. The molecule has 0 spiro atoms. The van der Waals surface area contributed by atoms with Crippen molar-refractivity contribution in [3.05, 3.63) is 0 Å². The van der Waals surface area contributed by atoms with E-state index in [1.54, 1.807) is 0 Å². The van der Waals surface area contributed by atoms with Gasteiger partial charge in [0.25, 0.3) is 0 Å². The average Bonchev–Trinajstić information content (AvgIpc) is 1.85. The maximum Gasteiger partial charge on any atom is 0.0809 e. The summed E-state index contributed by atoms with van der Waals surface area (Å²) in [6, 6.07) is 0. The van der Waals surface area contributed by atoms with E-state index in [0.29, 0.717) is 0 Å². The Balaban J connectivity index is 0.00000121. The molecule has 0 saturated heterocycles. The molecular formula is C10H23NO. The predicted octanol–water partition coefficient (Wildman–Crippen LogP) is 2.10. The summed E-state index contributed by atoms with van der Waals surface area (Å²) in [5.41, 5.74) is 0. The van der Waals surface area contributed by atoms with E-state index in [1.807, 2.05) is 0 Å². The topological polar surface area (TPSA) is 30.0 Å². The van der Waals surface area contributed by atoms with Crippen LogP contribution >= 0.6 is 0 Å². The second-order valence-electron chi connectivity index (χ2n) is 4.98. The van der Waals surface area contributed by atoms with Gasteiger partial charge in [-0.1, -0.05) is 19.3 Å². The Bertz CT molecular complexity index is 111. The molecule has 0 unspecified atom stereocenters. The summed E-state index contributed by atoms with van der Waals surface area (Å²) in [5.74, 6) is 1.02. The molecule has 1 aliphatic rings. The van der Waals surface area contributed by atoms with E-state index in [2.05, 4.69) is 21.1 Å². The number of nitrogens with zero attached hydrogens (tertiary/aromatic N) is 1. The quantitative estimate of drug-likeness (QED) is 0.588. The fourth-order valence-electron chi connectivity index (χ4n) is 2.14. The van der Waals surface area contributed by atoms with Crippen molar-refractivity contribution in [1.29, 1.82) is 0 Å². The molecule has 74 valence electrons. The van der Waals surface area contributed by atoms with Crippen LogP contribution in [0, 0.1) is 5.92 Å². The first-order valence-electron chi connectivity index (χ1n) is 4.88. The van der Waals surface area contributed by atoms with Gasteiger partial charge < -0.3 is 9.96 Å². The normalized spacial score (nSPS) is 20.2. The lowest BCUT2D eigenvalue weighted by molar-refractivity contribution is -0.874. The summed E-state index contributed by atoms with van der Waals surface area (Å²) >= 11 is 0. The SMILES string of the molecule is C[N+](C)(C)CC1CCCCC1.[OH-]. The van der Waals surface area contributed by atoms with Crippen molar-refractivity contribution in [2.75, 3.05) is 27.7 Å². The molecule has 1 N–H and O–H groups in total. The van der Waals surface area contributed by atoms with Gasteiger partial charge in [-0.15, -0.1) is 0 Å². The van der Waals surface area contributed by atoms with E-state index >= 15 is 0 Å². The summed E-state index contributed by atoms with van der Waals surface area (Å²) in [6.45, 7) is 1.38. The Morgan fingerprint density at radius 3 is 1.92 bits per heavy atom. The van der Waals surface area contributed by atoms with E-state index in [0.717, 1.165) is 10.4 Å². The van der Waals surface area contributed by atoms with Gasteiger partial charge in [-0.05, 0) is 12.8 Å². The Morgan fingerprint density at radius 2 is 1.50 bits per heavy atom. The van der Waals surface area contributed by atoms with Crippen molar-refractivity contribution in [3.8, 4) is 0 Å². The van der Waals surface area contributed by atoms with Crippen LogP contribution < -0.4 is 0 Å². The van der Waals surface area contributed by atoms with Crippen molar-refractivity contribution >= 4 is 0 Å². The largest absolute Gasteiger partial charge is 0.870 e. The zero-order chi connectivity index (χ0) is 8.32. The predicted molar refractivity (Wildman–Crippen MR) is 51.4 cm³/mol. The molecule has 0 bridgehead atoms. The van der Waals surface area contributed by atoms with Crippen LogP contribution in [-0.4, -0.2) is 37.6 Å². The average molecular weight is 173 g/mol. The fraction of sp³-hybridized carbons (Fsp3) is 1.00. The van der Waals surface area contributed by atoms with Crippen molar-refractivity contribution in [2.45, 2.75) is 32.1 Å². The summed E-state index contributed by atoms with van der Waals surface area (Å²) < 4.78 is 1.14. The molecular weight excluding hydrogens is 150 g/mol. The number of hydrogen-bond donors (Lipinski definition) is 0. The molecule has 1 rings (SSSR count). The van der Waals surface area contributed by atoms with Gasteiger partial charge in [-0.25, -0.2) is 0 Å². The lowest BCUT2D eigenvalue weighted by Gasteiger charge is -2.31. The lowest BCUT2D eigenvalue weighted by atomic mass is 9.89. The van der Waals surface area contributed by atoms with E-state index in [9.17, 15) is 0 Å². The maximum absolute atomic E-state index is 2.30. The molecule has 1 saturated carbocycles. The number of hydrogen-bond acceptors (Lipinski definition) is 1. The van der Waals surface area contributed by atoms with Crippen LogP contribution in [-0.2, 0) is 0 Å². The molecule has 2 nitrogen and oxygen atoms in total. The molecule has 0 aromatic carbocycles. The second kappa shape index (κ2) is 4.83. The molecule has 0 aliphatic heterocycles. The van der Waals surface area contributed by atoms with E-state index in [-0.39, 0.29) is 5.48 Å². The van der Waals surface area contributed by atoms with Crippen molar-refractivity contribution in [2.24, 2.45) is 5.92 Å². The minimum absolute atomic E-state index is 0. The molecule has 12 heavy (non-hydrogen) atoms. The van der Waals surface area contributed by atoms with Crippen LogP contribution in [0.4, 0.5) is 0 Å². The van der Waals surface area contributed by atoms with Crippen LogP contribution in [0.1, 0.15) is 32.1 Å². The molecule has 1 aliphatic carbocycles. The fourth-order valence-corrected chi connectivity index (χ4v) is 2.14. The van der Waals surface area contributed by atoms with Gasteiger partial charge >= 0.3 is 0 Å². The number of quaternary nitrogens is 1. The molecule has 0 radical (unpaired) electrons. The van der Waals surface area contributed by atoms with E-state index in [1.165, 1.54) is 38.6 Å². The highest BCUT2D eigenvalue weighted by molar-refractivity contribution is 4.64. The smallest absolute Gasteiger partial charge is 0.0809 e. The zero-order valence-electron chi connectivity index (χ0n) is 8.71. The Labute approximate surface area is 76.5 Å². The minimum Gasteiger partial charge on any atom is -0.870 e. The molecule has 2 heteroatoms. The first-order chi connectivity index (χ1) is 5.08.